The van der Waals surface area contributed by atoms with Gasteiger partial charge in [-0.3, -0.25) is 4.90 Å². The first-order valence-corrected chi connectivity index (χ1v) is 8.04. The summed E-state index contributed by atoms with van der Waals surface area (Å²) >= 11 is 1.74. The van der Waals surface area contributed by atoms with Crippen LogP contribution in [-0.2, 0) is 4.74 Å². The monoisotopic (exact) mass is 291 g/mol. The van der Waals surface area contributed by atoms with Crippen LogP contribution in [0.2, 0.25) is 0 Å². The molecule has 1 N–H and O–H groups in total. The van der Waals surface area contributed by atoms with Crippen LogP contribution >= 0.6 is 11.3 Å². The van der Waals surface area contributed by atoms with Gasteiger partial charge in [0, 0.05) is 19.6 Å². The van der Waals surface area contributed by atoms with Gasteiger partial charge in [-0.1, -0.05) is 17.4 Å². The highest BCUT2D eigenvalue weighted by atomic mass is 32.1. The molecule has 0 unspecified atom stereocenters. The van der Waals surface area contributed by atoms with Gasteiger partial charge in [-0.05, 0) is 37.6 Å². The first kappa shape index (κ1) is 13.8. The Morgan fingerprint density at radius 1 is 1.35 bits per heavy atom. The number of rotatable bonds is 5. The summed E-state index contributed by atoms with van der Waals surface area (Å²) in [6, 6.07) is 6.44. The van der Waals surface area contributed by atoms with E-state index >= 15 is 0 Å². The normalized spacial score (nSPS) is 16.6. The molecule has 2 heterocycles. The fraction of sp³-hybridized carbons (Fsp3) is 0.533. The van der Waals surface area contributed by atoms with E-state index in [1.807, 2.05) is 0 Å². The van der Waals surface area contributed by atoms with Crippen molar-refractivity contribution in [3.8, 4) is 0 Å². The van der Waals surface area contributed by atoms with Crippen molar-refractivity contribution in [1.82, 2.24) is 9.88 Å². The van der Waals surface area contributed by atoms with Crippen LogP contribution in [0.4, 0.5) is 5.13 Å². The van der Waals surface area contributed by atoms with E-state index in [1.54, 1.807) is 11.3 Å². The van der Waals surface area contributed by atoms with Gasteiger partial charge in [-0.25, -0.2) is 4.98 Å². The zero-order valence-corrected chi connectivity index (χ0v) is 12.7. The third-order valence-corrected chi connectivity index (χ3v) is 4.57. The Bertz CT molecular complexity index is 563. The summed E-state index contributed by atoms with van der Waals surface area (Å²) in [5.74, 6) is 0. The van der Waals surface area contributed by atoms with Crippen molar-refractivity contribution in [3.63, 3.8) is 0 Å². The fourth-order valence-electron chi connectivity index (χ4n) is 2.44. The van der Waals surface area contributed by atoms with Gasteiger partial charge in [0.2, 0.25) is 0 Å². The molecule has 3 rings (SSSR count). The number of fused-ring (bicyclic) bond motifs is 1. The highest BCUT2D eigenvalue weighted by molar-refractivity contribution is 7.22. The maximum Gasteiger partial charge on any atom is 0.183 e. The summed E-state index contributed by atoms with van der Waals surface area (Å²) in [7, 11) is 0. The number of ether oxygens (including phenoxy) is 1. The number of morpholine rings is 1. The van der Waals surface area contributed by atoms with Crippen molar-refractivity contribution in [3.05, 3.63) is 23.8 Å². The van der Waals surface area contributed by atoms with Gasteiger partial charge in [-0.15, -0.1) is 0 Å². The van der Waals surface area contributed by atoms with Crippen LogP contribution in [0, 0.1) is 6.92 Å². The van der Waals surface area contributed by atoms with Gasteiger partial charge >= 0.3 is 0 Å². The Morgan fingerprint density at radius 2 is 2.20 bits per heavy atom. The van der Waals surface area contributed by atoms with Crippen LogP contribution in [-0.4, -0.2) is 49.3 Å². The molecule has 1 aliphatic rings. The second kappa shape index (κ2) is 6.52. The van der Waals surface area contributed by atoms with Crippen LogP contribution in [0.3, 0.4) is 0 Å². The number of thiazole rings is 1. The van der Waals surface area contributed by atoms with E-state index in [2.05, 4.69) is 40.3 Å². The summed E-state index contributed by atoms with van der Waals surface area (Å²) in [5, 5.41) is 4.48. The van der Waals surface area contributed by atoms with Crippen LogP contribution in [0.25, 0.3) is 10.2 Å². The molecule has 0 bridgehead atoms. The summed E-state index contributed by atoms with van der Waals surface area (Å²) in [6.07, 6.45) is 1.15. The van der Waals surface area contributed by atoms with Crippen molar-refractivity contribution >= 4 is 26.7 Å². The van der Waals surface area contributed by atoms with Gasteiger partial charge in [-0.2, -0.15) is 0 Å². The summed E-state index contributed by atoms with van der Waals surface area (Å²) < 4.78 is 6.61. The predicted octanol–water partition coefficient (Wildman–Crippen LogP) is 2.74. The van der Waals surface area contributed by atoms with Gasteiger partial charge in [0.05, 0.1) is 23.4 Å². The molecule has 2 aromatic rings. The van der Waals surface area contributed by atoms with Crippen molar-refractivity contribution < 1.29 is 4.74 Å². The highest BCUT2D eigenvalue weighted by Crippen LogP contribution is 2.26. The van der Waals surface area contributed by atoms with Crippen LogP contribution in [0.1, 0.15) is 12.0 Å². The molecule has 1 fully saturated rings. The minimum Gasteiger partial charge on any atom is -0.379 e. The maximum atomic E-state index is 5.35. The number of hydrogen-bond acceptors (Lipinski definition) is 5. The molecule has 20 heavy (non-hydrogen) atoms. The molecule has 108 valence electrons. The van der Waals surface area contributed by atoms with Gasteiger partial charge in [0.15, 0.2) is 5.13 Å². The maximum absolute atomic E-state index is 5.35. The van der Waals surface area contributed by atoms with Gasteiger partial charge < -0.3 is 10.1 Å². The number of aromatic nitrogens is 1. The summed E-state index contributed by atoms with van der Waals surface area (Å²) in [5.41, 5.74) is 2.37. The van der Waals surface area contributed by atoms with Crippen molar-refractivity contribution in [1.29, 1.82) is 0 Å². The van der Waals surface area contributed by atoms with Crippen molar-refractivity contribution in [2.24, 2.45) is 0 Å². The van der Waals surface area contributed by atoms with Gasteiger partial charge in [0.25, 0.3) is 0 Å². The standard InChI is InChI=1S/C15H21N3OS/c1-12-3-4-14-13(11-12)17-15(20-14)16-5-2-6-18-7-9-19-10-8-18/h3-4,11H,2,5-10H2,1H3,(H,16,17). The van der Waals surface area contributed by atoms with E-state index in [1.165, 1.54) is 10.3 Å². The summed E-state index contributed by atoms with van der Waals surface area (Å²) in [6.45, 7) is 8.13. The average molecular weight is 291 g/mol. The second-order valence-electron chi connectivity index (χ2n) is 5.22. The average Bonchev–Trinajstić information content (AvgIpc) is 2.86. The van der Waals surface area contributed by atoms with Crippen molar-refractivity contribution in [2.45, 2.75) is 13.3 Å². The lowest BCUT2D eigenvalue weighted by Crippen LogP contribution is -2.37. The van der Waals surface area contributed by atoms with E-state index in [9.17, 15) is 0 Å². The number of aryl methyl sites for hydroxylation is 1. The Kier molecular flexibility index (Phi) is 4.50. The summed E-state index contributed by atoms with van der Waals surface area (Å²) in [4.78, 5) is 7.10. The fourth-order valence-corrected chi connectivity index (χ4v) is 3.31. The second-order valence-corrected chi connectivity index (χ2v) is 6.26. The number of hydrogen-bond donors (Lipinski definition) is 1. The predicted molar refractivity (Wildman–Crippen MR) is 84.7 cm³/mol. The molecule has 1 aromatic carbocycles. The molecule has 1 aliphatic heterocycles. The van der Waals surface area contributed by atoms with Crippen LogP contribution in [0.5, 0.6) is 0 Å². The quantitative estimate of drug-likeness (QED) is 0.860. The highest BCUT2D eigenvalue weighted by Gasteiger charge is 2.09. The minimum absolute atomic E-state index is 0.880. The molecule has 1 aromatic heterocycles. The molecule has 0 aliphatic carbocycles. The van der Waals surface area contributed by atoms with Crippen LogP contribution in [0.15, 0.2) is 18.2 Å². The first-order valence-electron chi connectivity index (χ1n) is 7.22. The SMILES string of the molecule is Cc1ccc2sc(NCCCN3CCOCC3)nc2c1. The molecule has 0 spiro atoms. The lowest BCUT2D eigenvalue weighted by molar-refractivity contribution is 0.0378. The molecule has 1 saturated heterocycles. The van der Waals surface area contributed by atoms with Gasteiger partial charge in [0.1, 0.15) is 0 Å². The molecule has 5 heteroatoms. The van der Waals surface area contributed by atoms with E-state index in [0.717, 1.165) is 56.5 Å². The number of nitrogens with zero attached hydrogens (tertiary/aromatic N) is 2. The van der Waals surface area contributed by atoms with E-state index in [0.29, 0.717) is 0 Å². The Hall–Kier alpha value is -1.17. The van der Waals surface area contributed by atoms with E-state index in [-0.39, 0.29) is 0 Å². The van der Waals surface area contributed by atoms with E-state index in [4.69, 9.17) is 4.74 Å². The smallest absolute Gasteiger partial charge is 0.183 e. The lowest BCUT2D eigenvalue weighted by atomic mass is 10.2. The number of benzene rings is 1. The topological polar surface area (TPSA) is 37.4 Å². The number of anilines is 1. The molecule has 0 atom stereocenters. The lowest BCUT2D eigenvalue weighted by Gasteiger charge is -2.26. The largest absolute Gasteiger partial charge is 0.379 e. The molecule has 4 nitrogen and oxygen atoms in total. The Morgan fingerprint density at radius 3 is 3.05 bits per heavy atom. The molecule has 0 saturated carbocycles. The first-order chi connectivity index (χ1) is 9.81. The third-order valence-electron chi connectivity index (χ3n) is 3.57. The van der Waals surface area contributed by atoms with E-state index < -0.39 is 0 Å². The zero-order valence-electron chi connectivity index (χ0n) is 11.9. The third kappa shape index (κ3) is 3.48. The Balaban J connectivity index is 1.47. The number of nitrogens with one attached hydrogen (secondary N) is 1. The minimum atomic E-state index is 0.880. The molecular formula is C15H21N3OS. The Labute approximate surface area is 123 Å². The zero-order chi connectivity index (χ0) is 13.8. The molecule has 0 amide bonds. The van der Waals surface area contributed by atoms with Crippen LogP contribution < -0.4 is 5.32 Å². The molecular weight excluding hydrogens is 270 g/mol. The van der Waals surface area contributed by atoms with Crippen molar-refractivity contribution in [2.75, 3.05) is 44.7 Å². The molecule has 0 radical (unpaired) electrons.